The Morgan fingerprint density at radius 2 is 1.61 bits per heavy atom. The number of hydrogen-bond acceptors (Lipinski definition) is 20. The average Bonchev–Trinajstić information content (AvgIpc) is 3.97. The topological polar surface area (TPSA) is 267 Å². The SMILES string of the molecule is CO[C@]1(C)C[C@@H](C)C(=O)[C@H](C)[C@H]2[C@H](SCCn3cnc4c(N)ncc(C(=O)Nc5c(Cl)cncc5Cl)c43)C(=O)O[C@]2(C)[C@@H](I)OC(=O)[C@H](C)[C@@H](O[C@H]2C[C@@](C)(OC)[C@@H](O)[C@H](C)O2)[C@H](C)[C@H]1O[C@@H]1O[C@H](C)C[C@H](N(C)C)[C@H]1O. The summed E-state index contributed by atoms with van der Waals surface area (Å²) >= 11 is 15.9. The number of amides is 1. The molecule has 4 aliphatic heterocycles. The highest BCUT2D eigenvalue weighted by molar-refractivity contribution is 14.1. The Kier molecular flexibility index (Phi) is 19.7. The van der Waals surface area contributed by atoms with Gasteiger partial charge in [-0.15, -0.1) is 11.8 Å². The number of nitrogens with two attached hydrogens (primary N) is 1. The molecule has 0 aromatic carbocycles. The Morgan fingerprint density at radius 1 is 0.948 bits per heavy atom. The number of fused-ring (bicyclic) bond motifs is 2. The summed E-state index contributed by atoms with van der Waals surface area (Å²) in [4.78, 5) is 73.0. The number of anilines is 2. The van der Waals surface area contributed by atoms with Gasteiger partial charge in [-0.1, -0.05) is 44.0 Å². The van der Waals surface area contributed by atoms with E-state index in [2.05, 4.69) is 20.3 Å². The number of alkyl halides is 1. The Hall–Kier alpha value is -3.05. The number of aryl methyl sites for hydroxylation is 1. The second kappa shape index (κ2) is 24.6. The monoisotopic (exact) mass is 1250 g/mol. The van der Waals surface area contributed by atoms with Crippen LogP contribution in [0.3, 0.4) is 0 Å². The number of thioether (sulfide) groups is 1. The molecule has 21 nitrogen and oxygen atoms in total. The van der Waals surface area contributed by atoms with Crippen LogP contribution in [0.15, 0.2) is 24.9 Å². The maximum absolute atomic E-state index is 15.2. The number of nitrogen functional groups attached to an aromatic ring is 1. The summed E-state index contributed by atoms with van der Waals surface area (Å²) in [6.45, 7) is 16.2. The van der Waals surface area contributed by atoms with E-state index in [1.54, 1.807) is 46.1 Å². The van der Waals surface area contributed by atoms with Crippen molar-refractivity contribution in [2.45, 2.75) is 170 Å². The van der Waals surface area contributed by atoms with Crippen LogP contribution in [0.1, 0.15) is 91.9 Å². The Labute approximate surface area is 477 Å². The van der Waals surface area contributed by atoms with Gasteiger partial charge in [0.15, 0.2) is 28.1 Å². The van der Waals surface area contributed by atoms with Crippen LogP contribution in [-0.2, 0) is 58.8 Å². The minimum Gasteiger partial charge on any atom is -0.453 e. The highest BCUT2D eigenvalue weighted by Crippen LogP contribution is 2.50. The van der Waals surface area contributed by atoms with Gasteiger partial charge in [-0.2, -0.15) is 0 Å². The van der Waals surface area contributed by atoms with E-state index >= 15 is 4.79 Å². The lowest BCUT2D eigenvalue weighted by atomic mass is 9.72. The van der Waals surface area contributed by atoms with Crippen molar-refractivity contribution >= 4 is 104 Å². The molecule has 25 heteroatoms. The zero-order valence-corrected chi connectivity index (χ0v) is 50.2. The lowest BCUT2D eigenvalue weighted by Crippen LogP contribution is -2.61. The molecule has 0 unspecified atom stereocenters. The van der Waals surface area contributed by atoms with Gasteiger partial charge in [0.05, 0.1) is 74.7 Å². The van der Waals surface area contributed by atoms with E-state index in [9.17, 15) is 24.6 Å². The molecule has 0 radical (unpaired) electrons. The quantitative estimate of drug-likeness (QED) is 0.0828. The number of halogens is 3. The summed E-state index contributed by atoms with van der Waals surface area (Å²) in [6, 6.07) is -0.335. The van der Waals surface area contributed by atoms with Crippen LogP contribution in [0.25, 0.3) is 11.0 Å². The number of carbonyl (C=O) groups excluding carboxylic acids is 4. The fourth-order valence-electron chi connectivity index (χ4n) is 11.7. The Morgan fingerprint density at radius 3 is 2.25 bits per heavy atom. The van der Waals surface area contributed by atoms with Crippen LogP contribution in [0.5, 0.6) is 0 Å². The van der Waals surface area contributed by atoms with E-state index < -0.39 is 117 Å². The molecule has 0 bridgehead atoms. The number of rotatable bonds is 13. The van der Waals surface area contributed by atoms with Gasteiger partial charge >= 0.3 is 11.9 Å². The molecule has 77 heavy (non-hydrogen) atoms. The van der Waals surface area contributed by atoms with Crippen molar-refractivity contribution in [2.75, 3.05) is 45.1 Å². The average molecular weight is 1250 g/mol. The molecule has 3 aromatic rings. The van der Waals surface area contributed by atoms with Gasteiger partial charge in [-0.25, -0.2) is 9.97 Å². The summed E-state index contributed by atoms with van der Waals surface area (Å²) in [5.74, 6) is -6.05. The van der Waals surface area contributed by atoms with E-state index in [0.29, 0.717) is 11.9 Å². The molecule has 19 atom stereocenters. The van der Waals surface area contributed by atoms with Gasteiger partial charge in [-0.05, 0) is 91.1 Å². The zero-order valence-electron chi connectivity index (χ0n) is 45.7. The zero-order chi connectivity index (χ0) is 56.8. The van der Waals surface area contributed by atoms with E-state index in [1.165, 1.54) is 50.9 Å². The second-order valence-electron chi connectivity index (χ2n) is 21.9. The number of aliphatic hydroxyl groups is 2. The van der Waals surface area contributed by atoms with Crippen molar-refractivity contribution in [1.29, 1.82) is 0 Å². The van der Waals surface area contributed by atoms with Crippen LogP contribution in [0, 0.1) is 29.6 Å². The molecule has 3 aromatic heterocycles. The number of methoxy groups -OCH3 is 2. The number of aromatic nitrogens is 4. The van der Waals surface area contributed by atoms with Crippen LogP contribution in [0.4, 0.5) is 11.5 Å². The van der Waals surface area contributed by atoms with Crippen molar-refractivity contribution in [3.05, 3.63) is 40.5 Å². The summed E-state index contributed by atoms with van der Waals surface area (Å²) in [5, 5.41) is 25.1. The smallest absolute Gasteiger partial charge is 0.320 e. The summed E-state index contributed by atoms with van der Waals surface area (Å²) < 4.78 is 52.1. The van der Waals surface area contributed by atoms with Crippen molar-refractivity contribution in [1.82, 2.24) is 24.4 Å². The lowest BCUT2D eigenvalue weighted by Gasteiger charge is -2.49. The third-order valence-electron chi connectivity index (χ3n) is 16.3. The van der Waals surface area contributed by atoms with E-state index in [-0.39, 0.29) is 75.7 Å². The van der Waals surface area contributed by atoms with Crippen LogP contribution in [0.2, 0.25) is 10.0 Å². The van der Waals surface area contributed by atoms with Crippen molar-refractivity contribution in [3.8, 4) is 0 Å². The predicted molar refractivity (Wildman–Crippen MR) is 297 cm³/mol. The molecule has 5 N–H and O–H groups in total. The van der Waals surface area contributed by atoms with Gasteiger partial charge < -0.3 is 68.6 Å². The van der Waals surface area contributed by atoms with Gasteiger partial charge in [0.1, 0.15) is 28.8 Å². The van der Waals surface area contributed by atoms with Crippen LogP contribution in [-0.4, -0.2) is 174 Å². The van der Waals surface area contributed by atoms with E-state index in [0.717, 1.165) is 0 Å². The number of aliphatic hydroxyl groups excluding tert-OH is 2. The molecule has 7 rings (SSSR count). The fourth-order valence-corrected chi connectivity index (χ4v) is 14.4. The lowest BCUT2D eigenvalue weighted by molar-refractivity contribution is -0.319. The minimum atomic E-state index is -1.53. The van der Waals surface area contributed by atoms with Gasteiger partial charge in [0.25, 0.3) is 5.91 Å². The first kappa shape index (κ1) is 61.6. The van der Waals surface area contributed by atoms with Gasteiger partial charge in [0.2, 0.25) is 0 Å². The largest absolute Gasteiger partial charge is 0.453 e. The summed E-state index contributed by atoms with van der Waals surface area (Å²) in [7, 11) is 6.76. The van der Waals surface area contributed by atoms with Crippen molar-refractivity contribution in [2.24, 2.45) is 29.6 Å². The first-order chi connectivity index (χ1) is 36.1. The third-order valence-corrected chi connectivity index (χ3v) is 19.6. The Bertz CT molecular complexity index is 2620. The van der Waals surface area contributed by atoms with Crippen LogP contribution >= 0.6 is 57.6 Å². The number of ketones is 1. The number of nitrogens with one attached hydrogen (secondary N) is 1. The van der Waals surface area contributed by atoms with Crippen molar-refractivity contribution in [3.63, 3.8) is 0 Å². The Balaban J connectivity index is 1.24. The van der Waals surface area contributed by atoms with Gasteiger partial charge in [0, 0.05) is 81.2 Å². The van der Waals surface area contributed by atoms with E-state index in [4.69, 9.17) is 66.8 Å². The normalized spacial score (nSPS) is 38.5. The molecule has 428 valence electrons. The van der Waals surface area contributed by atoms with Crippen molar-refractivity contribution < 1.29 is 67.3 Å². The molecule has 4 aliphatic rings. The minimum absolute atomic E-state index is 0.0818. The molecular formula is C52H74Cl2IN7O14S. The number of esters is 2. The number of pyridine rings is 2. The molecule has 0 spiro atoms. The first-order valence-electron chi connectivity index (χ1n) is 25.8. The molecule has 7 heterocycles. The first-order valence-corrected chi connectivity index (χ1v) is 28.8. The molecule has 4 fully saturated rings. The molecule has 4 saturated heterocycles. The third kappa shape index (κ3) is 12.4. The number of cyclic esters (lactones) is 1. The molecule has 1 amide bonds. The highest BCUT2D eigenvalue weighted by atomic mass is 127. The summed E-state index contributed by atoms with van der Waals surface area (Å²) in [5.41, 5.74) is 3.22. The van der Waals surface area contributed by atoms with E-state index in [1.807, 2.05) is 62.4 Å². The number of Topliss-reactive ketones (excluding diaryl/α,β-unsaturated/α-hetero) is 1. The number of ether oxygens (including phenoxy) is 8. The highest BCUT2D eigenvalue weighted by Gasteiger charge is 2.62. The molecule has 0 aliphatic carbocycles. The summed E-state index contributed by atoms with van der Waals surface area (Å²) in [6.07, 6.45) is -1.19. The standard InChI is InChI=1S/C52H74Cl2IN7O14S/c1-23-17-51(8,70-13)43(74-48-39(64)32(61(10)11)16-24(2)71-48)26(4)40(73-33-18-50(7,69-12)42(65)28(6)72-33)27(5)46(67)75-49(55)52(9)34(25(3)38(23)63)41(47(68)76-52)77-15-14-62-22-59-36-37(62)29(19-58-44(36)56)45(66)60-35-30(53)20-57-21-31(35)54/h19-28,32-34,39-43,48-49,64-65H,14-18H2,1-13H3,(H2,56,58)(H,57,60,66)/t23-,24-,25-,26+,27-,28+,32+,33+,34+,39-,40+,41+,42+,43-,48+,49+,50-,51-,52+/m1/s1. The maximum Gasteiger partial charge on any atom is 0.320 e. The number of nitrogens with zero attached hydrogens (tertiary/aromatic N) is 5. The number of imidazole rings is 1. The predicted octanol–water partition coefficient (Wildman–Crippen LogP) is 6.33. The van der Waals surface area contributed by atoms with Crippen LogP contribution < -0.4 is 11.1 Å². The number of likely N-dealkylation sites (N-methyl/N-ethyl adjacent to an activating group) is 1. The maximum atomic E-state index is 15.2. The molecule has 0 saturated carbocycles. The van der Waals surface area contributed by atoms with Gasteiger partial charge in [-0.3, -0.25) is 24.2 Å². The fraction of sp³-hybridized carbons (Fsp3) is 0.712. The molecular weight excluding hydrogens is 1180 g/mol. The number of carbonyl (C=O) groups is 4. The second-order valence-corrected chi connectivity index (χ2v) is 25.1. The number of hydrogen-bond donors (Lipinski definition) is 4.